The fourth-order valence-corrected chi connectivity index (χ4v) is 2.12. The second kappa shape index (κ2) is 7.01. The molecule has 2 aromatic rings. The molecule has 1 aromatic heterocycles. The molecule has 0 saturated carbocycles. The van der Waals surface area contributed by atoms with Gasteiger partial charge in [0.1, 0.15) is 5.75 Å². The van der Waals surface area contributed by atoms with E-state index in [1.165, 1.54) is 37.1 Å². The van der Waals surface area contributed by atoms with Gasteiger partial charge in [-0.15, -0.1) is 0 Å². The predicted molar refractivity (Wildman–Crippen MR) is 80.2 cm³/mol. The molecule has 25 heavy (non-hydrogen) atoms. The van der Waals surface area contributed by atoms with Crippen LogP contribution >= 0.6 is 0 Å². The molecule has 2 rings (SSSR count). The van der Waals surface area contributed by atoms with Crippen LogP contribution in [0.5, 0.6) is 23.5 Å². The van der Waals surface area contributed by atoms with Gasteiger partial charge in [-0.1, -0.05) is 0 Å². The lowest BCUT2D eigenvalue weighted by Gasteiger charge is -2.11. The second-order valence-corrected chi connectivity index (χ2v) is 6.09. The first-order valence-electron chi connectivity index (χ1n) is 6.48. The highest BCUT2D eigenvalue weighted by atomic mass is 32.2. The number of rotatable bonds is 6. The van der Waals surface area contributed by atoms with Gasteiger partial charge in [-0.05, 0) is 24.3 Å². The number of hydrogen-bond donors (Lipinski definition) is 1. The molecule has 0 atom stereocenters. The fraction of sp³-hybridized carbons (Fsp3) is 0.231. The quantitative estimate of drug-likeness (QED) is 0.823. The summed E-state index contributed by atoms with van der Waals surface area (Å²) >= 11 is 0. The smallest absolute Gasteiger partial charge is 0.481 e. The number of halogens is 3. The zero-order valence-electron chi connectivity index (χ0n) is 12.9. The summed E-state index contributed by atoms with van der Waals surface area (Å²) < 4.78 is 75.6. The van der Waals surface area contributed by atoms with Crippen LogP contribution in [0.15, 0.2) is 30.3 Å². The summed E-state index contributed by atoms with van der Waals surface area (Å²) in [5.74, 6) is 0.432. The van der Waals surface area contributed by atoms with Crippen LogP contribution in [0, 0.1) is 0 Å². The van der Waals surface area contributed by atoms with E-state index in [1.807, 2.05) is 0 Å². The van der Waals surface area contributed by atoms with Gasteiger partial charge in [0.2, 0.25) is 11.8 Å². The van der Waals surface area contributed by atoms with Crippen LogP contribution in [-0.4, -0.2) is 38.1 Å². The number of methoxy groups -OCH3 is 2. The number of benzene rings is 1. The lowest BCUT2D eigenvalue weighted by Crippen LogP contribution is -2.29. The number of alkyl halides is 3. The molecule has 0 radical (unpaired) electrons. The summed E-state index contributed by atoms with van der Waals surface area (Å²) in [6.45, 7) is 0. The number of nitrogens with one attached hydrogen (secondary N) is 1. The molecule has 0 saturated heterocycles. The Kier molecular flexibility index (Phi) is 5.21. The van der Waals surface area contributed by atoms with Gasteiger partial charge in [0.05, 0.1) is 20.3 Å². The van der Waals surface area contributed by atoms with Crippen LogP contribution in [-0.2, 0) is 10.0 Å². The summed E-state index contributed by atoms with van der Waals surface area (Å²) in [6.07, 6.45) is 0. The fourth-order valence-electron chi connectivity index (χ4n) is 1.56. The molecule has 0 aliphatic rings. The van der Waals surface area contributed by atoms with Crippen LogP contribution in [0.4, 0.5) is 18.9 Å². The van der Waals surface area contributed by atoms with Crippen molar-refractivity contribution in [2.24, 2.45) is 0 Å². The molecule has 12 heteroatoms. The van der Waals surface area contributed by atoms with E-state index in [9.17, 15) is 21.6 Å². The highest BCUT2D eigenvalue weighted by molar-refractivity contribution is 7.93. The zero-order valence-corrected chi connectivity index (χ0v) is 13.7. The molecular formula is C13H12F3N3O5S. The van der Waals surface area contributed by atoms with Crippen LogP contribution < -0.4 is 18.9 Å². The maximum Gasteiger partial charge on any atom is 0.516 e. The highest BCUT2D eigenvalue weighted by Gasteiger charge is 2.46. The Morgan fingerprint density at radius 3 is 2.12 bits per heavy atom. The van der Waals surface area contributed by atoms with Gasteiger partial charge in [-0.25, -0.2) is 0 Å². The van der Waals surface area contributed by atoms with Gasteiger partial charge in [-0.2, -0.15) is 31.6 Å². The van der Waals surface area contributed by atoms with Crippen molar-refractivity contribution in [3.8, 4) is 23.5 Å². The van der Waals surface area contributed by atoms with Crippen molar-refractivity contribution in [2.75, 3.05) is 18.9 Å². The largest absolute Gasteiger partial charge is 0.516 e. The molecule has 0 spiro atoms. The molecular weight excluding hydrogens is 367 g/mol. The molecule has 0 bridgehead atoms. The predicted octanol–water partition coefficient (Wildman–Crippen LogP) is 2.55. The van der Waals surface area contributed by atoms with Crippen molar-refractivity contribution in [2.45, 2.75) is 5.51 Å². The minimum atomic E-state index is -5.49. The zero-order chi connectivity index (χ0) is 18.7. The van der Waals surface area contributed by atoms with E-state index in [1.54, 1.807) is 0 Å². The van der Waals surface area contributed by atoms with Crippen molar-refractivity contribution < 1.29 is 35.8 Å². The van der Waals surface area contributed by atoms with Crippen molar-refractivity contribution in [1.82, 2.24) is 9.97 Å². The Hall–Kier alpha value is -2.76. The second-order valence-electron chi connectivity index (χ2n) is 4.41. The standard InChI is InChI=1S/C13H12F3N3O5S/c1-22-10-7-11(18-12(17-10)23-2)24-9-5-3-8(4-6-9)19-25(20,21)13(14,15)16/h3-7,19H,1-2H3. The molecule has 0 aliphatic heterocycles. The SMILES string of the molecule is COc1cc(Oc2ccc(NS(=O)(=O)C(F)(F)F)cc2)nc(OC)n1. The Morgan fingerprint density at radius 2 is 1.60 bits per heavy atom. The topological polar surface area (TPSA) is 99.6 Å². The van der Waals surface area contributed by atoms with E-state index < -0.39 is 15.5 Å². The molecule has 136 valence electrons. The van der Waals surface area contributed by atoms with Crippen molar-refractivity contribution in [3.05, 3.63) is 30.3 Å². The lowest BCUT2D eigenvalue weighted by molar-refractivity contribution is -0.0429. The van der Waals surface area contributed by atoms with Crippen LogP contribution in [0.25, 0.3) is 0 Å². The number of aromatic nitrogens is 2. The van der Waals surface area contributed by atoms with E-state index >= 15 is 0 Å². The number of anilines is 1. The summed E-state index contributed by atoms with van der Waals surface area (Å²) in [6, 6.07) is 6.08. The van der Waals surface area contributed by atoms with Crippen molar-refractivity contribution >= 4 is 15.7 Å². The van der Waals surface area contributed by atoms with Crippen molar-refractivity contribution in [3.63, 3.8) is 0 Å². The van der Waals surface area contributed by atoms with Gasteiger partial charge < -0.3 is 14.2 Å². The summed E-state index contributed by atoms with van der Waals surface area (Å²) in [7, 11) is -2.76. The minimum absolute atomic E-state index is 0.0103. The van der Waals surface area contributed by atoms with E-state index in [4.69, 9.17) is 14.2 Å². The summed E-state index contributed by atoms with van der Waals surface area (Å²) in [5.41, 5.74) is -5.68. The first-order chi connectivity index (χ1) is 11.6. The molecule has 1 aromatic carbocycles. The van der Waals surface area contributed by atoms with Crippen LogP contribution in [0.3, 0.4) is 0 Å². The third-order valence-corrected chi connectivity index (χ3v) is 3.80. The average Bonchev–Trinajstić information content (AvgIpc) is 2.55. The third kappa shape index (κ3) is 4.62. The molecule has 0 fully saturated rings. The summed E-state index contributed by atoms with van der Waals surface area (Å²) in [5, 5.41) is 0. The highest BCUT2D eigenvalue weighted by Crippen LogP contribution is 2.28. The first-order valence-corrected chi connectivity index (χ1v) is 7.97. The van der Waals surface area contributed by atoms with Crippen LogP contribution in [0.2, 0.25) is 0 Å². The Balaban J connectivity index is 2.16. The Morgan fingerprint density at radius 1 is 1.00 bits per heavy atom. The monoisotopic (exact) mass is 379 g/mol. The molecule has 1 heterocycles. The normalized spacial score (nSPS) is 11.7. The van der Waals surface area contributed by atoms with E-state index in [0.29, 0.717) is 0 Å². The van der Waals surface area contributed by atoms with Crippen LogP contribution in [0.1, 0.15) is 0 Å². The third-order valence-electron chi connectivity index (χ3n) is 2.68. The van der Waals surface area contributed by atoms with E-state index in [2.05, 4.69) is 9.97 Å². The van der Waals surface area contributed by atoms with Gasteiger partial charge in [0.25, 0.3) is 0 Å². The number of ether oxygens (including phenoxy) is 3. The van der Waals surface area contributed by atoms with Gasteiger partial charge in [-0.3, -0.25) is 4.72 Å². The number of hydrogen-bond acceptors (Lipinski definition) is 7. The molecule has 8 nitrogen and oxygen atoms in total. The van der Waals surface area contributed by atoms with Gasteiger partial charge in [0.15, 0.2) is 0 Å². The Bertz CT molecular complexity index is 819. The maximum atomic E-state index is 12.3. The molecule has 0 unspecified atom stereocenters. The molecule has 1 N–H and O–H groups in total. The van der Waals surface area contributed by atoms with Crippen molar-refractivity contribution in [1.29, 1.82) is 0 Å². The average molecular weight is 379 g/mol. The minimum Gasteiger partial charge on any atom is -0.481 e. The molecule has 0 amide bonds. The van der Waals surface area contributed by atoms with E-state index in [0.717, 1.165) is 12.1 Å². The molecule has 0 aliphatic carbocycles. The Labute approximate surface area is 140 Å². The van der Waals surface area contributed by atoms with E-state index in [-0.39, 0.29) is 29.2 Å². The summed E-state index contributed by atoms with van der Waals surface area (Å²) in [4.78, 5) is 7.78. The number of nitrogens with zero attached hydrogens (tertiary/aromatic N) is 2. The van der Waals surface area contributed by atoms with Gasteiger partial charge in [0, 0.05) is 5.69 Å². The van der Waals surface area contributed by atoms with Gasteiger partial charge >= 0.3 is 21.5 Å². The lowest BCUT2D eigenvalue weighted by atomic mass is 10.3. The maximum absolute atomic E-state index is 12.3. The first kappa shape index (κ1) is 18.6. The number of sulfonamides is 1.